The summed E-state index contributed by atoms with van der Waals surface area (Å²) in [6.07, 6.45) is 5.42. The number of guanidine groups is 1. The Balaban J connectivity index is 1.66. The first-order valence-corrected chi connectivity index (χ1v) is 11.9. The second-order valence-electron chi connectivity index (χ2n) is 7.76. The van der Waals surface area contributed by atoms with Crippen LogP contribution in [0.15, 0.2) is 23.2 Å². The van der Waals surface area contributed by atoms with E-state index in [0.717, 1.165) is 69.4 Å². The first kappa shape index (κ1) is 22.2. The van der Waals surface area contributed by atoms with Gasteiger partial charge >= 0.3 is 0 Å². The molecule has 0 radical (unpaired) electrons. The lowest BCUT2D eigenvalue weighted by atomic mass is 9.99. The highest BCUT2D eigenvalue weighted by Gasteiger charge is 2.31. The number of nitrogens with zero attached hydrogens (tertiary/aromatic N) is 1. The molecule has 1 aromatic rings. The Kier molecular flexibility index (Phi) is 8.51. The molecule has 0 amide bonds. The molecule has 2 heterocycles. The van der Waals surface area contributed by atoms with Gasteiger partial charge < -0.3 is 24.8 Å². The third-order valence-corrected chi connectivity index (χ3v) is 6.99. The summed E-state index contributed by atoms with van der Waals surface area (Å²) < 4.78 is 17.4. The van der Waals surface area contributed by atoms with Gasteiger partial charge in [-0.15, -0.1) is 0 Å². The maximum atomic E-state index is 6.22. The summed E-state index contributed by atoms with van der Waals surface area (Å²) in [6, 6.07) is 6.34. The predicted octanol–water partition coefficient (Wildman–Crippen LogP) is 3.13. The maximum Gasteiger partial charge on any atom is 0.191 e. The summed E-state index contributed by atoms with van der Waals surface area (Å²) in [4.78, 5) is 4.84. The molecule has 7 heteroatoms. The first-order chi connectivity index (χ1) is 14.1. The minimum absolute atomic E-state index is 0.140. The van der Waals surface area contributed by atoms with E-state index < -0.39 is 0 Å². The van der Waals surface area contributed by atoms with Crippen molar-refractivity contribution in [1.29, 1.82) is 0 Å². The standard InChI is InChI=1S/C22H35N3O3S/c1-4-23-21(25-16-22(29-3)8-11-26-12-9-22)24-14-18-6-5-17(2)13-20(18)28-19-7-10-27-15-19/h5-6,13,19H,4,7-12,14-16H2,1-3H3,(H2,23,24,25). The molecule has 0 spiro atoms. The Labute approximate surface area is 179 Å². The molecule has 2 aliphatic rings. The van der Waals surface area contributed by atoms with Gasteiger partial charge in [-0.05, 0) is 44.6 Å². The third-order valence-electron chi connectivity index (χ3n) is 5.57. The average molecular weight is 422 g/mol. The van der Waals surface area contributed by atoms with Crippen molar-refractivity contribution in [2.75, 3.05) is 45.8 Å². The van der Waals surface area contributed by atoms with Crippen molar-refractivity contribution < 1.29 is 14.2 Å². The van der Waals surface area contributed by atoms with Gasteiger partial charge in [0.2, 0.25) is 0 Å². The molecule has 2 aliphatic heterocycles. The fourth-order valence-electron chi connectivity index (χ4n) is 3.63. The van der Waals surface area contributed by atoms with Crippen molar-refractivity contribution in [2.24, 2.45) is 4.99 Å². The van der Waals surface area contributed by atoms with Crippen molar-refractivity contribution in [1.82, 2.24) is 10.6 Å². The van der Waals surface area contributed by atoms with E-state index >= 15 is 0 Å². The van der Waals surface area contributed by atoms with Crippen LogP contribution in [0.25, 0.3) is 0 Å². The van der Waals surface area contributed by atoms with Crippen LogP contribution in [0.1, 0.15) is 37.3 Å². The fraction of sp³-hybridized carbons (Fsp3) is 0.682. The zero-order valence-corrected chi connectivity index (χ0v) is 18.8. The third kappa shape index (κ3) is 6.52. The normalized spacial score (nSPS) is 21.8. The Morgan fingerprint density at radius 2 is 2.07 bits per heavy atom. The molecule has 162 valence electrons. The lowest BCUT2D eigenvalue weighted by Gasteiger charge is -2.36. The van der Waals surface area contributed by atoms with E-state index in [1.165, 1.54) is 5.56 Å². The van der Waals surface area contributed by atoms with E-state index in [9.17, 15) is 0 Å². The van der Waals surface area contributed by atoms with Crippen LogP contribution in [0.3, 0.4) is 0 Å². The Morgan fingerprint density at radius 3 is 2.76 bits per heavy atom. The number of benzene rings is 1. The number of ether oxygens (including phenoxy) is 3. The monoisotopic (exact) mass is 421 g/mol. The van der Waals surface area contributed by atoms with Crippen LogP contribution in [0, 0.1) is 6.92 Å². The van der Waals surface area contributed by atoms with Gasteiger partial charge in [0.25, 0.3) is 0 Å². The van der Waals surface area contributed by atoms with Crippen molar-refractivity contribution in [3.63, 3.8) is 0 Å². The van der Waals surface area contributed by atoms with Gasteiger partial charge in [-0.3, -0.25) is 0 Å². The number of thioether (sulfide) groups is 1. The van der Waals surface area contributed by atoms with Gasteiger partial charge in [0.1, 0.15) is 11.9 Å². The molecular formula is C22H35N3O3S. The quantitative estimate of drug-likeness (QED) is 0.497. The molecule has 6 nitrogen and oxygen atoms in total. The second-order valence-corrected chi connectivity index (χ2v) is 9.04. The predicted molar refractivity (Wildman–Crippen MR) is 120 cm³/mol. The summed E-state index contributed by atoms with van der Waals surface area (Å²) in [7, 11) is 0. The number of aryl methyl sites for hydroxylation is 1. The average Bonchev–Trinajstić information content (AvgIpc) is 3.25. The minimum atomic E-state index is 0.140. The van der Waals surface area contributed by atoms with Gasteiger partial charge in [-0.25, -0.2) is 4.99 Å². The Hall–Kier alpha value is -1.44. The van der Waals surface area contributed by atoms with E-state index in [4.69, 9.17) is 19.2 Å². The lowest BCUT2D eigenvalue weighted by Crippen LogP contribution is -2.47. The summed E-state index contributed by atoms with van der Waals surface area (Å²) in [5.41, 5.74) is 2.29. The SMILES string of the molecule is CCNC(=NCc1ccc(C)cc1OC1CCOC1)NCC1(SC)CCOCC1. The highest BCUT2D eigenvalue weighted by Crippen LogP contribution is 2.33. The van der Waals surface area contributed by atoms with Gasteiger partial charge in [0.15, 0.2) is 5.96 Å². The molecule has 0 aliphatic carbocycles. The van der Waals surface area contributed by atoms with Gasteiger partial charge in [0.05, 0.1) is 19.8 Å². The van der Waals surface area contributed by atoms with Crippen LogP contribution in [0.4, 0.5) is 0 Å². The minimum Gasteiger partial charge on any atom is -0.488 e. The van der Waals surface area contributed by atoms with Crippen LogP contribution < -0.4 is 15.4 Å². The van der Waals surface area contributed by atoms with Gasteiger partial charge in [0, 0.05) is 43.0 Å². The topological polar surface area (TPSA) is 64.1 Å². The molecule has 0 bridgehead atoms. The number of hydrogen-bond acceptors (Lipinski definition) is 5. The van der Waals surface area contributed by atoms with Crippen LogP contribution in [-0.2, 0) is 16.0 Å². The van der Waals surface area contributed by atoms with Crippen LogP contribution in [0.2, 0.25) is 0 Å². The zero-order valence-electron chi connectivity index (χ0n) is 18.0. The molecule has 1 atom stereocenters. The molecule has 0 saturated carbocycles. The molecule has 0 aromatic heterocycles. The smallest absolute Gasteiger partial charge is 0.191 e. The van der Waals surface area contributed by atoms with E-state index in [2.05, 4.69) is 48.9 Å². The number of aliphatic imine (C=N–C) groups is 1. The van der Waals surface area contributed by atoms with E-state index in [-0.39, 0.29) is 10.9 Å². The Morgan fingerprint density at radius 1 is 1.24 bits per heavy atom. The van der Waals surface area contributed by atoms with Crippen LogP contribution in [-0.4, -0.2) is 62.6 Å². The molecule has 2 fully saturated rings. The highest BCUT2D eigenvalue weighted by atomic mass is 32.2. The Bertz CT molecular complexity index is 671. The first-order valence-electron chi connectivity index (χ1n) is 10.6. The zero-order chi connectivity index (χ0) is 20.5. The van der Waals surface area contributed by atoms with Crippen molar-refractivity contribution in [2.45, 2.75) is 50.5 Å². The summed E-state index contributed by atoms with van der Waals surface area (Å²) in [6.45, 7) is 9.60. The summed E-state index contributed by atoms with van der Waals surface area (Å²) in [5.74, 6) is 1.77. The van der Waals surface area contributed by atoms with Gasteiger partial charge in [-0.2, -0.15) is 11.8 Å². The van der Waals surface area contributed by atoms with E-state index in [1.54, 1.807) is 0 Å². The molecule has 1 unspecified atom stereocenters. The lowest BCUT2D eigenvalue weighted by molar-refractivity contribution is 0.0783. The van der Waals surface area contributed by atoms with Crippen molar-refractivity contribution in [3.8, 4) is 5.75 Å². The molecular weight excluding hydrogens is 386 g/mol. The van der Waals surface area contributed by atoms with Crippen molar-refractivity contribution in [3.05, 3.63) is 29.3 Å². The second kappa shape index (κ2) is 11.1. The van der Waals surface area contributed by atoms with E-state index in [0.29, 0.717) is 13.2 Å². The number of rotatable bonds is 8. The highest BCUT2D eigenvalue weighted by molar-refractivity contribution is 8.00. The number of nitrogens with one attached hydrogen (secondary N) is 2. The van der Waals surface area contributed by atoms with E-state index in [1.807, 2.05) is 11.8 Å². The molecule has 29 heavy (non-hydrogen) atoms. The fourth-order valence-corrected chi connectivity index (χ4v) is 4.43. The molecule has 1 aromatic carbocycles. The molecule has 2 N–H and O–H groups in total. The number of hydrogen-bond donors (Lipinski definition) is 2. The molecule has 3 rings (SSSR count). The van der Waals surface area contributed by atoms with Crippen LogP contribution >= 0.6 is 11.8 Å². The van der Waals surface area contributed by atoms with Crippen LogP contribution in [0.5, 0.6) is 5.75 Å². The summed E-state index contributed by atoms with van der Waals surface area (Å²) >= 11 is 1.93. The molecule has 2 saturated heterocycles. The largest absolute Gasteiger partial charge is 0.488 e. The van der Waals surface area contributed by atoms with Crippen molar-refractivity contribution >= 4 is 17.7 Å². The van der Waals surface area contributed by atoms with Gasteiger partial charge in [-0.1, -0.05) is 12.1 Å². The maximum absolute atomic E-state index is 6.22. The summed E-state index contributed by atoms with van der Waals surface area (Å²) in [5, 5.41) is 6.93.